The van der Waals surface area contributed by atoms with Crippen LogP contribution >= 0.6 is 0 Å². The van der Waals surface area contributed by atoms with Crippen molar-refractivity contribution in [3.8, 4) is 0 Å². The monoisotopic (exact) mass is 261 g/mol. The van der Waals surface area contributed by atoms with Crippen molar-refractivity contribution >= 4 is 5.69 Å². The summed E-state index contributed by atoms with van der Waals surface area (Å²) in [5.74, 6) is 0. The van der Waals surface area contributed by atoms with Crippen molar-refractivity contribution in [1.29, 1.82) is 0 Å². The molecule has 0 spiro atoms. The maximum atomic E-state index is 5.46. The molecule has 2 aliphatic rings. The van der Waals surface area contributed by atoms with Gasteiger partial charge in [0.2, 0.25) is 0 Å². The molecule has 1 aromatic rings. The molecule has 104 valence electrons. The van der Waals surface area contributed by atoms with E-state index in [9.17, 15) is 0 Å². The summed E-state index contributed by atoms with van der Waals surface area (Å²) in [6.07, 6.45) is 1.11. The van der Waals surface area contributed by atoms with E-state index in [1.165, 1.54) is 22.4 Å². The molecule has 2 heterocycles. The SMILES string of the molecule is CN(C)Cc1cc2c(c(N[C@H]3CCOC3)c1)CNC2. The fourth-order valence-electron chi connectivity index (χ4n) is 2.94. The summed E-state index contributed by atoms with van der Waals surface area (Å²) in [7, 11) is 4.23. The van der Waals surface area contributed by atoms with Gasteiger partial charge in [-0.05, 0) is 43.3 Å². The van der Waals surface area contributed by atoms with E-state index in [2.05, 4.69) is 41.8 Å². The molecule has 0 radical (unpaired) electrons. The number of benzene rings is 1. The van der Waals surface area contributed by atoms with E-state index >= 15 is 0 Å². The number of nitrogens with one attached hydrogen (secondary N) is 2. The lowest BCUT2D eigenvalue weighted by molar-refractivity contribution is 0.195. The van der Waals surface area contributed by atoms with E-state index in [1.54, 1.807) is 0 Å². The Balaban J connectivity index is 1.85. The molecule has 4 nitrogen and oxygen atoms in total. The second-order valence-corrected chi connectivity index (χ2v) is 5.83. The number of nitrogens with zero attached hydrogens (tertiary/aromatic N) is 1. The van der Waals surface area contributed by atoms with Crippen molar-refractivity contribution in [2.45, 2.75) is 32.1 Å². The Bertz CT molecular complexity index is 453. The first-order valence-electron chi connectivity index (χ1n) is 7.07. The van der Waals surface area contributed by atoms with Crippen LogP contribution in [-0.4, -0.2) is 38.3 Å². The molecule has 1 aromatic carbocycles. The highest BCUT2D eigenvalue weighted by atomic mass is 16.5. The fourth-order valence-corrected chi connectivity index (χ4v) is 2.94. The Morgan fingerprint density at radius 3 is 3.00 bits per heavy atom. The number of hydrogen-bond acceptors (Lipinski definition) is 4. The van der Waals surface area contributed by atoms with Crippen LogP contribution in [0.25, 0.3) is 0 Å². The molecule has 1 saturated heterocycles. The highest BCUT2D eigenvalue weighted by Gasteiger charge is 2.20. The summed E-state index contributed by atoms with van der Waals surface area (Å²) in [6.45, 7) is 4.68. The predicted octanol–water partition coefficient (Wildman–Crippen LogP) is 1.55. The zero-order valence-electron chi connectivity index (χ0n) is 11.8. The zero-order chi connectivity index (χ0) is 13.2. The fraction of sp³-hybridized carbons (Fsp3) is 0.600. The van der Waals surface area contributed by atoms with Crippen LogP contribution in [0.4, 0.5) is 5.69 Å². The summed E-state index contributed by atoms with van der Waals surface area (Å²) >= 11 is 0. The third-order valence-corrected chi connectivity index (χ3v) is 3.81. The lowest BCUT2D eigenvalue weighted by Gasteiger charge is -2.18. The molecule has 0 bridgehead atoms. The van der Waals surface area contributed by atoms with Crippen molar-refractivity contribution in [3.63, 3.8) is 0 Å². The summed E-state index contributed by atoms with van der Waals surface area (Å²) in [5, 5.41) is 7.12. The van der Waals surface area contributed by atoms with Crippen LogP contribution in [0.5, 0.6) is 0 Å². The van der Waals surface area contributed by atoms with Crippen LogP contribution < -0.4 is 10.6 Å². The molecule has 0 saturated carbocycles. The quantitative estimate of drug-likeness (QED) is 0.862. The maximum Gasteiger partial charge on any atom is 0.0668 e. The van der Waals surface area contributed by atoms with Crippen LogP contribution in [0, 0.1) is 0 Å². The van der Waals surface area contributed by atoms with E-state index in [-0.39, 0.29) is 0 Å². The van der Waals surface area contributed by atoms with Crippen molar-refractivity contribution in [1.82, 2.24) is 10.2 Å². The zero-order valence-corrected chi connectivity index (χ0v) is 11.8. The van der Waals surface area contributed by atoms with Crippen molar-refractivity contribution < 1.29 is 4.74 Å². The van der Waals surface area contributed by atoms with Gasteiger partial charge in [0.25, 0.3) is 0 Å². The average molecular weight is 261 g/mol. The van der Waals surface area contributed by atoms with E-state index < -0.39 is 0 Å². The van der Waals surface area contributed by atoms with Gasteiger partial charge in [-0.15, -0.1) is 0 Å². The van der Waals surface area contributed by atoms with Crippen LogP contribution in [0.15, 0.2) is 12.1 Å². The molecule has 3 rings (SSSR count). The summed E-state index contributed by atoms with van der Waals surface area (Å²) in [6, 6.07) is 5.12. The van der Waals surface area contributed by atoms with Gasteiger partial charge < -0.3 is 20.3 Å². The minimum absolute atomic E-state index is 0.472. The molecular formula is C15H23N3O. The topological polar surface area (TPSA) is 36.5 Å². The van der Waals surface area contributed by atoms with Gasteiger partial charge in [0.1, 0.15) is 0 Å². The molecule has 2 aliphatic heterocycles. The van der Waals surface area contributed by atoms with Gasteiger partial charge in [0.15, 0.2) is 0 Å². The Morgan fingerprint density at radius 2 is 2.26 bits per heavy atom. The first-order valence-corrected chi connectivity index (χ1v) is 7.07. The minimum Gasteiger partial charge on any atom is -0.380 e. The number of ether oxygens (including phenoxy) is 1. The molecule has 0 amide bonds. The minimum atomic E-state index is 0.472. The van der Waals surface area contributed by atoms with Crippen molar-refractivity contribution in [2.24, 2.45) is 0 Å². The summed E-state index contributed by atoms with van der Waals surface area (Å²) < 4.78 is 5.46. The average Bonchev–Trinajstić information content (AvgIpc) is 2.98. The number of fused-ring (bicyclic) bond motifs is 1. The molecule has 2 N–H and O–H groups in total. The second-order valence-electron chi connectivity index (χ2n) is 5.83. The van der Waals surface area contributed by atoms with Crippen LogP contribution in [0.2, 0.25) is 0 Å². The highest BCUT2D eigenvalue weighted by molar-refractivity contribution is 5.59. The maximum absolute atomic E-state index is 5.46. The smallest absolute Gasteiger partial charge is 0.0668 e. The summed E-state index contributed by atoms with van der Waals surface area (Å²) in [4.78, 5) is 2.21. The molecule has 1 atom stereocenters. The molecule has 0 unspecified atom stereocenters. The van der Waals surface area contributed by atoms with Crippen LogP contribution in [0.1, 0.15) is 23.1 Å². The third kappa shape index (κ3) is 2.91. The van der Waals surface area contributed by atoms with E-state index in [0.717, 1.165) is 39.3 Å². The van der Waals surface area contributed by atoms with E-state index in [4.69, 9.17) is 4.74 Å². The van der Waals surface area contributed by atoms with Gasteiger partial charge in [-0.1, -0.05) is 6.07 Å². The van der Waals surface area contributed by atoms with Gasteiger partial charge in [-0.3, -0.25) is 0 Å². The standard InChI is InChI=1S/C15H23N3O/c1-18(2)9-11-5-12-7-16-8-14(12)15(6-11)17-13-3-4-19-10-13/h5-6,13,16-17H,3-4,7-10H2,1-2H3/t13-/m0/s1. The molecular weight excluding hydrogens is 238 g/mol. The predicted molar refractivity (Wildman–Crippen MR) is 77.2 cm³/mol. The highest BCUT2D eigenvalue weighted by Crippen LogP contribution is 2.28. The van der Waals surface area contributed by atoms with Crippen molar-refractivity contribution in [2.75, 3.05) is 32.6 Å². The second kappa shape index (κ2) is 5.49. The number of hydrogen-bond donors (Lipinski definition) is 2. The molecule has 0 aliphatic carbocycles. The van der Waals surface area contributed by atoms with Gasteiger partial charge in [0, 0.05) is 31.9 Å². The van der Waals surface area contributed by atoms with Gasteiger partial charge in [-0.2, -0.15) is 0 Å². The molecule has 4 heteroatoms. The van der Waals surface area contributed by atoms with E-state index in [0.29, 0.717) is 6.04 Å². The van der Waals surface area contributed by atoms with Crippen LogP contribution in [-0.2, 0) is 24.4 Å². The Morgan fingerprint density at radius 1 is 1.37 bits per heavy atom. The lowest BCUT2D eigenvalue weighted by atomic mass is 10.0. The van der Waals surface area contributed by atoms with E-state index in [1.807, 2.05) is 0 Å². The normalized spacial score (nSPS) is 21.9. The van der Waals surface area contributed by atoms with Gasteiger partial charge in [0.05, 0.1) is 12.6 Å². The first-order chi connectivity index (χ1) is 9.22. The molecule has 1 fully saturated rings. The lowest BCUT2D eigenvalue weighted by Crippen LogP contribution is -2.20. The Hall–Kier alpha value is -1.10. The number of rotatable bonds is 4. The first kappa shape index (κ1) is 12.9. The molecule has 0 aromatic heterocycles. The Kier molecular flexibility index (Phi) is 3.73. The van der Waals surface area contributed by atoms with Crippen molar-refractivity contribution in [3.05, 3.63) is 28.8 Å². The third-order valence-electron chi connectivity index (χ3n) is 3.81. The van der Waals surface area contributed by atoms with Gasteiger partial charge >= 0.3 is 0 Å². The van der Waals surface area contributed by atoms with Gasteiger partial charge in [-0.25, -0.2) is 0 Å². The Labute approximate surface area is 115 Å². The number of anilines is 1. The summed E-state index contributed by atoms with van der Waals surface area (Å²) in [5.41, 5.74) is 5.57. The van der Waals surface area contributed by atoms with Crippen LogP contribution in [0.3, 0.4) is 0 Å². The largest absolute Gasteiger partial charge is 0.380 e. The molecule has 19 heavy (non-hydrogen) atoms.